The van der Waals surface area contributed by atoms with E-state index >= 15 is 0 Å². The molecule has 2 aliphatic heterocycles. The van der Waals surface area contributed by atoms with Gasteiger partial charge in [0.05, 0.1) is 11.1 Å². The van der Waals surface area contributed by atoms with Crippen LogP contribution in [0.15, 0.2) is 28.8 Å². The van der Waals surface area contributed by atoms with Gasteiger partial charge in [-0.1, -0.05) is 23.4 Å². The van der Waals surface area contributed by atoms with E-state index in [9.17, 15) is 4.79 Å². The number of aromatic nitrogens is 1. The first-order valence-corrected chi connectivity index (χ1v) is 8.55. The Hall–Kier alpha value is -2.14. The Bertz CT molecular complexity index is 768. The maximum absolute atomic E-state index is 13.0. The van der Waals surface area contributed by atoms with Gasteiger partial charge in [-0.05, 0) is 51.4 Å². The van der Waals surface area contributed by atoms with Crippen LogP contribution in [0.3, 0.4) is 0 Å². The summed E-state index contributed by atoms with van der Waals surface area (Å²) in [5.41, 5.74) is 4.09. The normalized spacial score (nSPS) is 20.0. The van der Waals surface area contributed by atoms with Crippen molar-refractivity contribution >= 4 is 11.6 Å². The zero-order chi connectivity index (χ0) is 16.9. The average Bonchev–Trinajstić information content (AvgIpc) is 3.02. The summed E-state index contributed by atoms with van der Waals surface area (Å²) in [7, 11) is 1.89. The van der Waals surface area contributed by atoms with Crippen LogP contribution >= 0.6 is 0 Å². The Kier molecular flexibility index (Phi) is 3.49. The maximum atomic E-state index is 13.0. The Morgan fingerprint density at radius 2 is 1.92 bits per heavy atom. The molecule has 0 N–H and O–H groups in total. The van der Waals surface area contributed by atoms with E-state index in [1.165, 1.54) is 11.1 Å². The summed E-state index contributed by atoms with van der Waals surface area (Å²) < 4.78 is 5.27. The smallest absolute Gasteiger partial charge is 0.237 e. The van der Waals surface area contributed by atoms with Crippen molar-refractivity contribution in [3.8, 4) is 0 Å². The molecule has 5 heteroatoms. The molecule has 24 heavy (non-hydrogen) atoms. The quantitative estimate of drug-likeness (QED) is 0.852. The molecule has 1 spiro atoms. The molecule has 0 bridgehead atoms. The molecule has 4 rings (SSSR count). The summed E-state index contributed by atoms with van der Waals surface area (Å²) >= 11 is 0. The van der Waals surface area contributed by atoms with Crippen LogP contribution in [0.4, 0.5) is 5.69 Å². The van der Waals surface area contributed by atoms with Gasteiger partial charge in [-0.25, -0.2) is 0 Å². The van der Waals surface area contributed by atoms with Crippen molar-refractivity contribution in [2.45, 2.75) is 38.6 Å². The number of anilines is 1. The lowest BCUT2D eigenvalue weighted by Crippen LogP contribution is -2.47. The van der Waals surface area contributed by atoms with Gasteiger partial charge in [0.2, 0.25) is 5.91 Å². The molecule has 0 aliphatic carbocycles. The first-order valence-electron chi connectivity index (χ1n) is 8.55. The fourth-order valence-electron chi connectivity index (χ4n) is 4.24. The molecule has 5 nitrogen and oxygen atoms in total. The SMILES string of the molecule is Cc1noc(C)c1CN1CCC2(CC1)C(=O)N(C)c1ccccc12. The number of carbonyl (C=O) groups is 1. The minimum absolute atomic E-state index is 0.251. The third-order valence-electron chi connectivity index (χ3n) is 5.77. The van der Waals surface area contributed by atoms with Crippen molar-refractivity contribution in [1.82, 2.24) is 10.1 Å². The number of amides is 1. The zero-order valence-corrected chi connectivity index (χ0v) is 14.5. The van der Waals surface area contributed by atoms with Crippen LogP contribution in [-0.4, -0.2) is 36.1 Å². The van der Waals surface area contributed by atoms with Crippen LogP contribution in [0, 0.1) is 13.8 Å². The van der Waals surface area contributed by atoms with Gasteiger partial charge >= 0.3 is 0 Å². The number of hydrogen-bond donors (Lipinski definition) is 0. The highest BCUT2D eigenvalue weighted by molar-refractivity contribution is 6.07. The number of benzene rings is 1. The highest BCUT2D eigenvalue weighted by Crippen LogP contribution is 2.47. The third kappa shape index (κ3) is 2.11. The summed E-state index contributed by atoms with van der Waals surface area (Å²) in [4.78, 5) is 17.2. The molecular formula is C19H23N3O2. The van der Waals surface area contributed by atoms with E-state index in [-0.39, 0.29) is 11.3 Å². The highest BCUT2D eigenvalue weighted by atomic mass is 16.5. The molecule has 0 unspecified atom stereocenters. The summed E-state index contributed by atoms with van der Waals surface area (Å²) in [6, 6.07) is 8.23. The Labute approximate surface area is 142 Å². The van der Waals surface area contributed by atoms with E-state index in [0.717, 1.165) is 49.6 Å². The number of nitrogens with zero attached hydrogens (tertiary/aromatic N) is 3. The van der Waals surface area contributed by atoms with Crippen molar-refractivity contribution in [1.29, 1.82) is 0 Å². The van der Waals surface area contributed by atoms with Crippen LogP contribution in [0.2, 0.25) is 0 Å². The molecule has 0 radical (unpaired) electrons. The minimum atomic E-state index is -0.333. The lowest BCUT2D eigenvalue weighted by Gasteiger charge is -2.38. The number of rotatable bonds is 2. The Morgan fingerprint density at radius 1 is 1.21 bits per heavy atom. The molecule has 1 amide bonds. The van der Waals surface area contributed by atoms with Gasteiger partial charge in [-0.2, -0.15) is 0 Å². The van der Waals surface area contributed by atoms with Crippen molar-refractivity contribution in [2.24, 2.45) is 0 Å². The van der Waals surface area contributed by atoms with Crippen LogP contribution in [0.5, 0.6) is 0 Å². The molecule has 1 fully saturated rings. The lowest BCUT2D eigenvalue weighted by atomic mass is 9.73. The summed E-state index contributed by atoms with van der Waals surface area (Å²) in [5.74, 6) is 1.15. The molecule has 1 aromatic carbocycles. The number of piperidine rings is 1. The average molecular weight is 325 g/mol. The van der Waals surface area contributed by atoms with Crippen molar-refractivity contribution in [2.75, 3.05) is 25.0 Å². The number of fused-ring (bicyclic) bond motifs is 2. The summed E-state index contributed by atoms with van der Waals surface area (Å²) in [6.45, 7) is 6.63. The van der Waals surface area contributed by atoms with Gasteiger partial charge in [-0.3, -0.25) is 9.69 Å². The predicted octanol–water partition coefficient (Wildman–Crippen LogP) is 2.80. The third-order valence-corrected chi connectivity index (χ3v) is 5.77. The van der Waals surface area contributed by atoms with Gasteiger partial charge in [-0.15, -0.1) is 0 Å². The van der Waals surface area contributed by atoms with Crippen molar-refractivity contribution < 1.29 is 9.32 Å². The van der Waals surface area contributed by atoms with E-state index in [1.807, 2.05) is 37.9 Å². The summed E-state index contributed by atoms with van der Waals surface area (Å²) in [6.07, 6.45) is 1.74. The van der Waals surface area contributed by atoms with Crippen LogP contribution in [0.25, 0.3) is 0 Å². The number of likely N-dealkylation sites (N-methyl/N-ethyl adjacent to an activating group) is 1. The van der Waals surface area contributed by atoms with Gasteiger partial charge in [0.15, 0.2) is 0 Å². The van der Waals surface area contributed by atoms with Gasteiger partial charge in [0, 0.05) is 24.8 Å². The van der Waals surface area contributed by atoms with Crippen LogP contribution < -0.4 is 4.90 Å². The first kappa shape index (κ1) is 15.4. The standard InChI is InChI=1S/C19H23N3O2/c1-13-15(14(2)24-20-13)12-22-10-8-19(9-11-22)16-6-4-5-7-17(16)21(3)18(19)23/h4-7H,8-12H2,1-3H3. The number of carbonyl (C=O) groups excluding carboxylic acids is 1. The molecule has 0 atom stereocenters. The maximum Gasteiger partial charge on any atom is 0.237 e. The monoisotopic (exact) mass is 325 g/mol. The first-order chi connectivity index (χ1) is 11.5. The second-order valence-corrected chi connectivity index (χ2v) is 7.04. The molecular weight excluding hydrogens is 302 g/mol. The van der Waals surface area contributed by atoms with Gasteiger partial charge in [0.25, 0.3) is 0 Å². The molecule has 3 heterocycles. The minimum Gasteiger partial charge on any atom is -0.361 e. The van der Waals surface area contributed by atoms with E-state index in [4.69, 9.17) is 4.52 Å². The van der Waals surface area contributed by atoms with Gasteiger partial charge < -0.3 is 9.42 Å². The van der Waals surface area contributed by atoms with Crippen molar-refractivity contribution in [3.05, 3.63) is 46.8 Å². The Morgan fingerprint density at radius 3 is 2.58 bits per heavy atom. The van der Waals surface area contributed by atoms with Crippen LogP contribution in [-0.2, 0) is 16.8 Å². The van der Waals surface area contributed by atoms with Gasteiger partial charge in [0.1, 0.15) is 5.76 Å². The zero-order valence-electron chi connectivity index (χ0n) is 14.5. The van der Waals surface area contributed by atoms with E-state index < -0.39 is 0 Å². The topological polar surface area (TPSA) is 49.6 Å². The summed E-state index contributed by atoms with van der Waals surface area (Å²) in [5, 5.41) is 4.04. The largest absolute Gasteiger partial charge is 0.361 e. The highest BCUT2D eigenvalue weighted by Gasteiger charge is 2.50. The van der Waals surface area contributed by atoms with E-state index in [0.29, 0.717) is 0 Å². The molecule has 2 aromatic rings. The number of aryl methyl sites for hydroxylation is 2. The number of para-hydroxylation sites is 1. The molecule has 2 aliphatic rings. The van der Waals surface area contributed by atoms with Crippen molar-refractivity contribution in [3.63, 3.8) is 0 Å². The molecule has 0 saturated carbocycles. The van der Waals surface area contributed by atoms with E-state index in [1.54, 1.807) is 0 Å². The van der Waals surface area contributed by atoms with E-state index in [2.05, 4.69) is 22.2 Å². The fraction of sp³-hybridized carbons (Fsp3) is 0.474. The number of likely N-dealkylation sites (tertiary alicyclic amines) is 1. The second kappa shape index (κ2) is 5.45. The molecule has 126 valence electrons. The fourth-order valence-corrected chi connectivity index (χ4v) is 4.24. The predicted molar refractivity (Wildman–Crippen MR) is 92.0 cm³/mol. The molecule has 1 aromatic heterocycles. The second-order valence-electron chi connectivity index (χ2n) is 7.04. The molecule has 1 saturated heterocycles. The number of hydrogen-bond acceptors (Lipinski definition) is 4. The van der Waals surface area contributed by atoms with Crippen LogP contribution in [0.1, 0.15) is 35.4 Å². The lowest BCUT2D eigenvalue weighted by molar-refractivity contribution is -0.124. The Balaban J connectivity index is 1.55.